The van der Waals surface area contributed by atoms with Crippen LogP contribution in [0.15, 0.2) is 65.7 Å². The highest BCUT2D eigenvalue weighted by Crippen LogP contribution is 2.19. The van der Waals surface area contributed by atoms with Crippen molar-refractivity contribution in [3.63, 3.8) is 0 Å². The van der Waals surface area contributed by atoms with Crippen molar-refractivity contribution < 1.29 is 4.79 Å². The summed E-state index contributed by atoms with van der Waals surface area (Å²) in [6, 6.07) is 20.7. The van der Waals surface area contributed by atoms with Crippen LogP contribution < -0.4 is 20.9 Å². The fourth-order valence-electron chi connectivity index (χ4n) is 3.32. The molecule has 1 fully saturated rings. The Balaban J connectivity index is 1.35. The van der Waals surface area contributed by atoms with E-state index in [1.165, 1.54) is 5.69 Å². The smallest absolute Gasteiger partial charge is 0.222 e. The molecule has 3 rings (SSSR count). The molecule has 1 aliphatic rings. The molecular weight excluding hydrogens is 350 g/mol. The summed E-state index contributed by atoms with van der Waals surface area (Å²) in [4.78, 5) is 18.7. The fourth-order valence-corrected chi connectivity index (χ4v) is 3.32. The van der Waals surface area contributed by atoms with Gasteiger partial charge in [-0.3, -0.25) is 9.79 Å². The second-order valence-electron chi connectivity index (χ2n) is 6.92. The second kappa shape index (κ2) is 10.3. The van der Waals surface area contributed by atoms with Gasteiger partial charge in [0.2, 0.25) is 5.91 Å². The fraction of sp³-hybridized carbons (Fsp3) is 0.364. The number of para-hydroxylation sites is 1. The highest BCUT2D eigenvalue weighted by Gasteiger charge is 2.23. The molecule has 3 N–H and O–H groups in total. The molecule has 0 bridgehead atoms. The Kier molecular flexibility index (Phi) is 7.29. The number of benzene rings is 2. The average Bonchev–Trinajstić information content (AvgIpc) is 3.21. The summed E-state index contributed by atoms with van der Waals surface area (Å²) in [5.41, 5.74) is 2.36. The molecule has 1 saturated heterocycles. The highest BCUT2D eigenvalue weighted by molar-refractivity contribution is 5.81. The zero-order valence-corrected chi connectivity index (χ0v) is 16.4. The first-order valence-electron chi connectivity index (χ1n) is 9.82. The molecule has 2 aromatic carbocycles. The summed E-state index contributed by atoms with van der Waals surface area (Å²) < 4.78 is 0. The Morgan fingerprint density at radius 3 is 2.50 bits per heavy atom. The van der Waals surface area contributed by atoms with Gasteiger partial charge in [-0.2, -0.15) is 0 Å². The Morgan fingerprint density at radius 2 is 1.79 bits per heavy atom. The molecule has 1 aliphatic heterocycles. The lowest BCUT2D eigenvalue weighted by atomic mass is 10.2. The van der Waals surface area contributed by atoms with E-state index >= 15 is 0 Å². The lowest BCUT2D eigenvalue weighted by molar-refractivity contribution is -0.121. The lowest BCUT2D eigenvalue weighted by Crippen LogP contribution is -2.45. The van der Waals surface area contributed by atoms with Gasteiger partial charge in [0.1, 0.15) is 0 Å². The van der Waals surface area contributed by atoms with Crippen LogP contribution in [0, 0.1) is 0 Å². The van der Waals surface area contributed by atoms with Gasteiger partial charge in [0.05, 0.1) is 0 Å². The number of carbonyl (C=O) groups excluding carboxylic acids is 1. The van der Waals surface area contributed by atoms with Crippen molar-refractivity contribution in [1.82, 2.24) is 16.0 Å². The molecule has 1 atom stereocenters. The molecule has 0 spiro atoms. The summed E-state index contributed by atoms with van der Waals surface area (Å²) in [7, 11) is 1.76. The maximum atomic E-state index is 12.0. The monoisotopic (exact) mass is 379 g/mol. The number of hydrogen-bond acceptors (Lipinski definition) is 3. The zero-order valence-electron chi connectivity index (χ0n) is 16.4. The molecule has 0 aliphatic carbocycles. The molecule has 0 aromatic heterocycles. The molecule has 2 aromatic rings. The van der Waals surface area contributed by atoms with Crippen molar-refractivity contribution in [2.45, 2.75) is 25.4 Å². The van der Waals surface area contributed by atoms with Crippen molar-refractivity contribution in [2.24, 2.45) is 4.99 Å². The van der Waals surface area contributed by atoms with Crippen LogP contribution in [0.4, 0.5) is 5.69 Å². The van der Waals surface area contributed by atoms with Crippen molar-refractivity contribution in [3.05, 3.63) is 66.2 Å². The van der Waals surface area contributed by atoms with Crippen molar-refractivity contribution >= 4 is 17.6 Å². The van der Waals surface area contributed by atoms with Crippen LogP contribution in [-0.2, 0) is 11.3 Å². The van der Waals surface area contributed by atoms with E-state index in [1.54, 1.807) is 7.05 Å². The van der Waals surface area contributed by atoms with Crippen LogP contribution >= 0.6 is 0 Å². The first kappa shape index (κ1) is 19.7. The lowest BCUT2D eigenvalue weighted by Gasteiger charge is -2.20. The largest absolute Gasteiger partial charge is 0.369 e. The molecule has 0 saturated carbocycles. The summed E-state index contributed by atoms with van der Waals surface area (Å²) in [5, 5.41) is 9.64. The minimum atomic E-state index is 0.0305. The number of hydrogen-bond donors (Lipinski definition) is 3. The van der Waals surface area contributed by atoms with E-state index in [0.29, 0.717) is 25.6 Å². The predicted molar refractivity (Wildman–Crippen MR) is 114 cm³/mol. The van der Waals surface area contributed by atoms with Crippen LogP contribution in [0.3, 0.4) is 0 Å². The maximum absolute atomic E-state index is 12.0. The van der Waals surface area contributed by atoms with E-state index in [4.69, 9.17) is 0 Å². The highest BCUT2D eigenvalue weighted by atomic mass is 16.1. The second-order valence-corrected chi connectivity index (χ2v) is 6.92. The van der Waals surface area contributed by atoms with Gasteiger partial charge < -0.3 is 20.9 Å². The summed E-state index contributed by atoms with van der Waals surface area (Å²) in [6.07, 6.45) is 1.47. The van der Waals surface area contributed by atoms with Gasteiger partial charge in [0.25, 0.3) is 0 Å². The number of aliphatic imine (C=N–C) groups is 1. The van der Waals surface area contributed by atoms with Gasteiger partial charge in [-0.25, -0.2) is 0 Å². The van der Waals surface area contributed by atoms with E-state index in [1.807, 2.05) is 36.4 Å². The first-order valence-corrected chi connectivity index (χ1v) is 9.82. The molecule has 28 heavy (non-hydrogen) atoms. The van der Waals surface area contributed by atoms with E-state index in [0.717, 1.165) is 31.0 Å². The third-order valence-corrected chi connectivity index (χ3v) is 4.85. The van der Waals surface area contributed by atoms with Crippen molar-refractivity contribution in [1.29, 1.82) is 0 Å². The van der Waals surface area contributed by atoms with Crippen LogP contribution in [0.2, 0.25) is 0 Å². The van der Waals surface area contributed by atoms with Gasteiger partial charge in [-0.1, -0.05) is 48.5 Å². The standard InChI is InChI=1S/C22H29N5O/c1-23-22(24-14-12-21(28)25-16-18-8-4-2-5-9-18)26-19-13-15-27(17-19)20-10-6-3-7-11-20/h2-11,19H,12-17H2,1H3,(H,25,28)(H2,23,24,26). The molecule has 148 valence electrons. The number of anilines is 1. The van der Waals surface area contributed by atoms with Crippen molar-refractivity contribution in [3.8, 4) is 0 Å². The average molecular weight is 380 g/mol. The Hall–Kier alpha value is -3.02. The zero-order chi connectivity index (χ0) is 19.6. The normalized spacial score (nSPS) is 16.7. The quantitative estimate of drug-likeness (QED) is 0.509. The molecular formula is C22H29N5O. The van der Waals surface area contributed by atoms with E-state index in [2.05, 4.69) is 50.1 Å². The minimum Gasteiger partial charge on any atom is -0.369 e. The Morgan fingerprint density at radius 1 is 1.07 bits per heavy atom. The summed E-state index contributed by atoms with van der Waals surface area (Å²) >= 11 is 0. The first-order chi connectivity index (χ1) is 13.7. The van der Waals surface area contributed by atoms with E-state index in [9.17, 15) is 4.79 Å². The number of nitrogens with one attached hydrogen (secondary N) is 3. The molecule has 0 radical (unpaired) electrons. The topological polar surface area (TPSA) is 68.8 Å². The van der Waals surface area contributed by atoms with Crippen LogP contribution in [0.25, 0.3) is 0 Å². The number of carbonyl (C=O) groups is 1. The third kappa shape index (κ3) is 6.01. The third-order valence-electron chi connectivity index (χ3n) is 4.85. The Labute approximate surface area is 167 Å². The molecule has 6 nitrogen and oxygen atoms in total. The van der Waals surface area contributed by atoms with Crippen LogP contribution in [0.1, 0.15) is 18.4 Å². The maximum Gasteiger partial charge on any atom is 0.222 e. The number of amides is 1. The van der Waals surface area contributed by atoms with Gasteiger partial charge in [-0.05, 0) is 24.1 Å². The molecule has 1 unspecified atom stereocenters. The van der Waals surface area contributed by atoms with Gasteiger partial charge in [0.15, 0.2) is 5.96 Å². The summed E-state index contributed by atoms with van der Waals surface area (Å²) in [6.45, 7) is 3.09. The van der Waals surface area contributed by atoms with Gasteiger partial charge >= 0.3 is 0 Å². The Bertz CT molecular complexity index is 763. The predicted octanol–water partition coefficient (Wildman–Crippen LogP) is 2.14. The molecule has 1 amide bonds. The summed E-state index contributed by atoms with van der Waals surface area (Å²) in [5.74, 6) is 0.777. The van der Waals surface area contributed by atoms with E-state index in [-0.39, 0.29) is 5.91 Å². The number of guanidine groups is 1. The van der Waals surface area contributed by atoms with Crippen molar-refractivity contribution in [2.75, 3.05) is 31.6 Å². The van der Waals surface area contributed by atoms with Gasteiger partial charge in [-0.15, -0.1) is 0 Å². The van der Waals surface area contributed by atoms with E-state index < -0.39 is 0 Å². The molecule has 6 heteroatoms. The SMILES string of the molecule is CN=C(NCCC(=O)NCc1ccccc1)NC1CCN(c2ccccc2)C1. The number of rotatable bonds is 7. The van der Waals surface area contributed by atoms with Crippen LogP contribution in [-0.4, -0.2) is 44.6 Å². The molecule has 1 heterocycles. The van der Waals surface area contributed by atoms with Crippen LogP contribution in [0.5, 0.6) is 0 Å². The minimum absolute atomic E-state index is 0.0305. The van der Waals surface area contributed by atoms with Gasteiger partial charge in [0, 0.05) is 51.4 Å². The number of nitrogens with zero attached hydrogens (tertiary/aromatic N) is 2.